The summed E-state index contributed by atoms with van der Waals surface area (Å²) in [7, 11) is 0. The zero-order valence-electron chi connectivity index (χ0n) is 9.08. The van der Waals surface area contributed by atoms with Crippen molar-refractivity contribution in [3.63, 3.8) is 0 Å². The molecule has 0 aromatic heterocycles. The van der Waals surface area contributed by atoms with Gasteiger partial charge in [0, 0.05) is 12.6 Å². The van der Waals surface area contributed by atoms with Crippen LogP contribution >= 0.6 is 0 Å². The molecule has 2 N–H and O–H groups in total. The Morgan fingerprint density at radius 3 is 2.67 bits per heavy atom. The Bertz CT molecular complexity index is 305. The van der Waals surface area contributed by atoms with E-state index in [4.69, 9.17) is 5.11 Å². The summed E-state index contributed by atoms with van der Waals surface area (Å²) in [6.07, 6.45) is 5.38. The normalized spacial score (nSPS) is 17.1. The van der Waals surface area contributed by atoms with E-state index in [0.717, 1.165) is 12.1 Å². The van der Waals surface area contributed by atoms with Crippen LogP contribution in [0, 0.1) is 0 Å². The zero-order valence-corrected chi connectivity index (χ0v) is 9.08. The van der Waals surface area contributed by atoms with Gasteiger partial charge in [0.25, 0.3) is 0 Å². The summed E-state index contributed by atoms with van der Waals surface area (Å²) in [4.78, 5) is 0. The summed E-state index contributed by atoms with van der Waals surface area (Å²) in [6, 6.07) is 8.86. The molecule has 0 atom stereocenters. The van der Waals surface area contributed by atoms with Crippen LogP contribution in [0.5, 0.6) is 0 Å². The molecule has 0 bridgehead atoms. The van der Waals surface area contributed by atoms with Crippen LogP contribution in [0.4, 0.5) is 0 Å². The second-order valence-corrected chi connectivity index (χ2v) is 4.34. The van der Waals surface area contributed by atoms with E-state index in [-0.39, 0.29) is 6.61 Å². The molecule has 1 aliphatic rings. The Labute approximate surface area is 91.3 Å². The number of hydrogen-bond donors (Lipinski definition) is 2. The predicted molar refractivity (Wildman–Crippen MR) is 61.5 cm³/mol. The van der Waals surface area contributed by atoms with Crippen molar-refractivity contribution in [3.8, 4) is 0 Å². The maximum atomic E-state index is 9.02. The summed E-state index contributed by atoms with van der Waals surface area (Å²) in [5.74, 6) is 0. The first-order chi connectivity index (χ1) is 7.38. The van der Waals surface area contributed by atoms with Gasteiger partial charge >= 0.3 is 0 Å². The molecule has 2 heteroatoms. The van der Waals surface area contributed by atoms with E-state index in [2.05, 4.69) is 17.4 Å². The smallest absolute Gasteiger partial charge is 0.0681 e. The Hall–Kier alpha value is -0.860. The van der Waals surface area contributed by atoms with E-state index in [1.54, 1.807) is 0 Å². The lowest BCUT2D eigenvalue weighted by Gasteiger charge is -2.12. The fourth-order valence-corrected chi connectivity index (χ4v) is 2.23. The highest BCUT2D eigenvalue weighted by Gasteiger charge is 2.13. The summed E-state index contributed by atoms with van der Waals surface area (Å²) in [5.41, 5.74) is 2.27. The molecule has 2 nitrogen and oxygen atoms in total. The van der Waals surface area contributed by atoms with Crippen LogP contribution in [0.1, 0.15) is 36.8 Å². The van der Waals surface area contributed by atoms with Crippen molar-refractivity contribution in [2.24, 2.45) is 0 Å². The standard InChI is InChI=1S/C13H19NO/c15-10-12-5-3-4-11(8-12)9-14-13-6-1-2-7-13/h3-5,8,13-15H,1-2,6-7,9-10H2. The number of hydrogen-bond acceptors (Lipinski definition) is 2. The lowest BCUT2D eigenvalue weighted by molar-refractivity contribution is 0.281. The molecule has 0 saturated heterocycles. The molecule has 0 heterocycles. The van der Waals surface area contributed by atoms with E-state index < -0.39 is 0 Å². The highest BCUT2D eigenvalue weighted by atomic mass is 16.3. The summed E-state index contributed by atoms with van der Waals surface area (Å²) in [5, 5.41) is 12.6. The monoisotopic (exact) mass is 205 g/mol. The Morgan fingerprint density at radius 1 is 1.20 bits per heavy atom. The Balaban J connectivity index is 1.86. The molecule has 0 radical (unpaired) electrons. The van der Waals surface area contributed by atoms with Crippen LogP contribution in [0.2, 0.25) is 0 Å². The molecular weight excluding hydrogens is 186 g/mol. The van der Waals surface area contributed by atoms with Gasteiger partial charge in [-0.1, -0.05) is 37.1 Å². The molecule has 82 valence electrons. The van der Waals surface area contributed by atoms with Gasteiger partial charge in [-0.25, -0.2) is 0 Å². The fraction of sp³-hybridized carbons (Fsp3) is 0.538. The Kier molecular flexibility index (Phi) is 3.75. The number of nitrogens with one attached hydrogen (secondary N) is 1. The molecule has 15 heavy (non-hydrogen) atoms. The summed E-state index contributed by atoms with van der Waals surface area (Å²) in [6.45, 7) is 1.07. The molecule has 1 fully saturated rings. The Morgan fingerprint density at radius 2 is 1.93 bits per heavy atom. The zero-order chi connectivity index (χ0) is 10.5. The first-order valence-electron chi connectivity index (χ1n) is 5.80. The van der Waals surface area contributed by atoms with Crippen molar-refractivity contribution in [2.45, 2.75) is 44.9 Å². The number of benzene rings is 1. The van der Waals surface area contributed by atoms with Crippen LogP contribution < -0.4 is 5.32 Å². The topological polar surface area (TPSA) is 32.3 Å². The molecule has 0 amide bonds. The van der Waals surface area contributed by atoms with Crippen molar-refractivity contribution >= 4 is 0 Å². The van der Waals surface area contributed by atoms with Gasteiger partial charge in [0.15, 0.2) is 0 Å². The van der Waals surface area contributed by atoms with Gasteiger partial charge in [0.05, 0.1) is 6.61 Å². The SMILES string of the molecule is OCc1cccc(CNC2CCCC2)c1. The molecule has 1 aromatic carbocycles. The highest BCUT2D eigenvalue weighted by Crippen LogP contribution is 2.18. The molecular formula is C13H19NO. The van der Waals surface area contributed by atoms with Gasteiger partial charge in [0.2, 0.25) is 0 Å². The molecule has 2 rings (SSSR count). The van der Waals surface area contributed by atoms with Crippen molar-refractivity contribution in [3.05, 3.63) is 35.4 Å². The van der Waals surface area contributed by atoms with Gasteiger partial charge in [-0.05, 0) is 24.0 Å². The highest BCUT2D eigenvalue weighted by molar-refractivity contribution is 5.22. The van der Waals surface area contributed by atoms with E-state index in [0.29, 0.717) is 6.04 Å². The molecule has 1 aliphatic carbocycles. The maximum absolute atomic E-state index is 9.02. The minimum atomic E-state index is 0.136. The van der Waals surface area contributed by atoms with E-state index >= 15 is 0 Å². The largest absolute Gasteiger partial charge is 0.392 e. The van der Waals surface area contributed by atoms with Crippen LogP contribution in [-0.4, -0.2) is 11.1 Å². The molecule has 1 saturated carbocycles. The van der Waals surface area contributed by atoms with Crippen molar-refractivity contribution in [1.82, 2.24) is 5.32 Å². The maximum Gasteiger partial charge on any atom is 0.0681 e. The summed E-state index contributed by atoms with van der Waals surface area (Å²) < 4.78 is 0. The molecule has 0 unspecified atom stereocenters. The first kappa shape index (κ1) is 10.7. The van der Waals surface area contributed by atoms with Crippen LogP contribution in [0.15, 0.2) is 24.3 Å². The summed E-state index contributed by atoms with van der Waals surface area (Å²) >= 11 is 0. The minimum Gasteiger partial charge on any atom is -0.392 e. The molecule has 0 aliphatic heterocycles. The first-order valence-corrected chi connectivity index (χ1v) is 5.80. The lowest BCUT2D eigenvalue weighted by Crippen LogP contribution is -2.25. The van der Waals surface area contributed by atoms with Gasteiger partial charge in [-0.2, -0.15) is 0 Å². The quantitative estimate of drug-likeness (QED) is 0.790. The van der Waals surface area contributed by atoms with Gasteiger partial charge in [0.1, 0.15) is 0 Å². The van der Waals surface area contributed by atoms with E-state index in [9.17, 15) is 0 Å². The third kappa shape index (κ3) is 3.05. The van der Waals surface area contributed by atoms with Crippen molar-refractivity contribution < 1.29 is 5.11 Å². The van der Waals surface area contributed by atoms with Crippen molar-refractivity contribution in [2.75, 3.05) is 0 Å². The van der Waals surface area contributed by atoms with Crippen LogP contribution in [0.25, 0.3) is 0 Å². The number of aliphatic hydroxyl groups is 1. The average molecular weight is 205 g/mol. The minimum absolute atomic E-state index is 0.136. The number of aliphatic hydroxyl groups excluding tert-OH is 1. The third-order valence-electron chi connectivity index (χ3n) is 3.12. The fourth-order valence-electron chi connectivity index (χ4n) is 2.23. The number of rotatable bonds is 4. The van der Waals surface area contributed by atoms with E-state index in [1.807, 2.05) is 12.1 Å². The molecule has 1 aromatic rings. The van der Waals surface area contributed by atoms with Gasteiger partial charge < -0.3 is 10.4 Å². The van der Waals surface area contributed by atoms with E-state index in [1.165, 1.54) is 31.2 Å². The molecule has 0 spiro atoms. The lowest BCUT2D eigenvalue weighted by atomic mass is 10.1. The van der Waals surface area contributed by atoms with Gasteiger partial charge in [-0.15, -0.1) is 0 Å². The van der Waals surface area contributed by atoms with Crippen LogP contribution in [0.3, 0.4) is 0 Å². The average Bonchev–Trinajstić information content (AvgIpc) is 2.79. The van der Waals surface area contributed by atoms with Gasteiger partial charge in [-0.3, -0.25) is 0 Å². The predicted octanol–water partition coefficient (Wildman–Crippen LogP) is 2.21. The second kappa shape index (κ2) is 5.29. The van der Waals surface area contributed by atoms with Crippen molar-refractivity contribution in [1.29, 1.82) is 0 Å². The third-order valence-corrected chi connectivity index (χ3v) is 3.12. The second-order valence-electron chi connectivity index (χ2n) is 4.34. The van der Waals surface area contributed by atoms with Crippen LogP contribution in [-0.2, 0) is 13.2 Å².